The third kappa shape index (κ3) is 2.19. The zero-order valence-corrected chi connectivity index (χ0v) is 10.1. The Morgan fingerprint density at radius 3 is 2.65 bits per heavy atom. The number of nitrogens with two attached hydrogens (primary N) is 1. The molecule has 0 aromatic carbocycles. The number of pyridine rings is 1. The molecular formula is C12H16N4O. The maximum atomic E-state index is 6.20. The second-order valence-corrected chi connectivity index (χ2v) is 4.00. The zero-order valence-electron chi connectivity index (χ0n) is 10.1. The van der Waals surface area contributed by atoms with Crippen molar-refractivity contribution in [2.75, 3.05) is 0 Å². The lowest BCUT2D eigenvalue weighted by molar-refractivity contribution is 0.350. The molecule has 0 saturated carbocycles. The number of aromatic nitrogens is 3. The van der Waals surface area contributed by atoms with E-state index in [1.54, 1.807) is 6.20 Å². The third-order valence-electron chi connectivity index (χ3n) is 3.02. The molecule has 0 saturated heterocycles. The highest BCUT2D eigenvalue weighted by Gasteiger charge is 2.29. The van der Waals surface area contributed by atoms with Crippen molar-refractivity contribution in [3.05, 3.63) is 30.2 Å². The fraction of sp³-hybridized carbons (Fsp3) is 0.417. The molecule has 0 amide bonds. The van der Waals surface area contributed by atoms with E-state index in [1.807, 2.05) is 32.0 Å². The molecule has 0 aliphatic heterocycles. The van der Waals surface area contributed by atoms with E-state index in [2.05, 4.69) is 15.1 Å². The van der Waals surface area contributed by atoms with Crippen molar-refractivity contribution in [3.8, 4) is 11.6 Å². The number of rotatable bonds is 4. The van der Waals surface area contributed by atoms with Crippen LogP contribution in [-0.2, 0) is 5.54 Å². The first-order valence-electron chi connectivity index (χ1n) is 5.74. The van der Waals surface area contributed by atoms with E-state index in [0.29, 0.717) is 17.4 Å². The van der Waals surface area contributed by atoms with Gasteiger partial charge in [0.15, 0.2) is 5.82 Å². The molecule has 2 rings (SSSR count). The van der Waals surface area contributed by atoms with Crippen LogP contribution in [0.4, 0.5) is 0 Å². The standard InChI is InChI=1S/C12H16N4O/c1-3-12(13,4-2)11-15-10(17-16-11)9-7-5-6-8-14-9/h5-8H,3-4,13H2,1-2H3. The SMILES string of the molecule is CCC(N)(CC)c1noc(-c2ccccn2)n1. The smallest absolute Gasteiger partial charge is 0.276 e. The Balaban J connectivity index is 2.34. The Morgan fingerprint density at radius 1 is 1.29 bits per heavy atom. The number of hydrogen-bond acceptors (Lipinski definition) is 5. The van der Waals surface area contributed by atoms with Crippen molar-refractivity contribution < 1.29 is 4.52 Å². The summed E-state index contributed by atoms with van der Waals surface area (Å²) in [5.74, 6) is 0.959. The molecule has 5 heteroatoms. The molecule has 0 fully saturated rings. The van der Waals surface area contributed by atoms with E-state index in [1.165, 1.54) is 0 Å². The summed E-state index contributed by atoms with van der Waals surface area (Å²) in [6.07, 6.45) is 3.23. The van der Waals surface area contributed by atoms with Gasteiger partial charge in [-0.15, -0.1) is 0 Å². The molecule has 2 aromatic rings. The summed E-state index contributed by atoms with van der Waals surface area (Å²) in [5.41, 5.74) is 6.35. The Kier molecular flexibility index (Phi) is 3.19. The Labute approximate surface area is 100 Å². The van der Waals surface area contributed by atoms with Gasteiger partial charge in [-0.1, -0.05) is 25.1 Å². The van der Waals surface area contributed by atoms with E-state index in [4.69, 9.17) is 10.3 Å². The van der Waals surface area contributed by atoms with Gasteiger partial charge in [0.05, 0.1) is 5.54 Å². The normalized spacial score (nSPS) is 11.7. The topological polar surface area (TPSA) is 77.8 Å². The van der Waals surface area contributed by atoms with Crippen LogP contribution in [0.25, 0.3) is 11.6 Å². The largest absolute Gasteiger partial charge is 0.332 e. The average molecular weight is 232 g/mol. The highest BCUT2D eigenvalue weighted by Crippen LogP contribution is 2.25. The molecule has 2 N–H and O–H groups in total. The van der Waals surface area contributed by atoms with E-state index in [-0.39, 0.29) is 0 Å². The summed E-state index contributed by atoms with van der Waals surface area (Å²) < 4.78 is 5.20. The highest BCUT2D eigenvalue weighted by molar-refractivity contribution is 5.45. The van der Waals surface area contributed by atoms with Crippen LogP contribution < -0.4 is 5.73 Å². The maximum absolute atomic E-state index is 6.20. The first kappa shape index (κ1) is 11.7. The summed E-state index contributed by atoms with van der Waals surface area (Å²) in [7, 11) is 0. The lowest BCUT2D eigenvalue weighted by atomic mass is 9.93. The molecule has 0 radical (unpaired) electrons. The summed E-state index contributed by atoms with van der Waals surface area (Å²) in [4.78, 5) is 8.49. The van der Waals surface area contributed by atoms with Crippen LogP contribution >= 0.6 is 0 Å². The van der Waals surface area contributed by atoms with Gasteiger partial charge in [-0.3, -0.25) is 4.98 Å². The second-order valence-electron chi connectivity index (χ2n) is 4.00. The molecule has 0 atom stereocenters. The quantitative estimate of drug-likeness (QED) is 0.873. The average Bonchev–Trinajstić information content (AvgIpc) is 2.89. The maximum Gasteiger partial charge on any atom is 0.276 e. The molecule has 5 nitrogen and oxygen atoms in total. The summed E-state index contributed by atoms with van der Waals surface area (Å²) in [5, 5.41) is 3.96. The van der Waals surface area contributed by atoms with Crippen LogP contribution in [0.15, 0.2) is 28.9 Å². The van der Waals surface area contributed by atoms with Gasteiger partial charge in [-0.2, -0.15) is 4.98 Å². The molecule has 2 aromatic heterocycles. The van der Waals surface area contributed by atoms with Crippen LogP contribution in [0.2, 0.25) is 0 Å². The molecule has 0 bridgehead atoms. The summed E-state index contributed by atoms with van der Waals surface area (Å²) >= 11 is 0. The van der Waals surface area contributed by atoms with E-state index < -0.39 is 5.54 Å². The van der Waals surface area contributed by atoms with Crippen LogP contribution in [0.3, 0.4) is 0 Å². The van der Waals surface area contributed by atoms with Gasteiger partial charge in [0, 0.05) is 6.20 Å². The fourth-order valence-electron chi connectivity index (χ4n) is 1.59. The van der Waals surface area contributed by atoms with Crippen molar-refractivity contribution in [2.24, 2.45) is 5.73 Å². The Bertz CT molecular complexity index is 476. The zero-order chi connectivity index (χ0) is 12.3. The van der Waals surface area contributed by atoms with Gasteiger partial charge in [0.2, 0.25) is 0 Å². The van der Waals surface area contributed by atoms with E-state index in [0.717, 1.165) is 12.8 Å². The van der Waals surface area contributed by atoms with Crippen molar-refractivity contribution in [3.63, 3.8) is 0 Å². The molecule has 0 spiro atoms. The predicted octanol–water partition coefficient (Wildman–Crippen LogP) is 2.11. The van der Waals surface area contributed by atoms with E-state index in [9.17, 15) is 0 Å². The molecule has 0 aliphatic rings. The van der Waals surface area contributed by atoms with Crippen LogP contribution in [-0.4, -0.2) is 15.1 Å². The van der Waals surface area contributed by atoms with Gasteiger partial charge in [-0.25, -0.2) is 0 Å². The lowest BCUT2D eigenvalue weighted by Gasteiger charge is -2.21. The van der Waals surface area contributed by atoms with E-state index >= 15 is 0 Å². The molecule has 90 valence electrons. The molecule has 17 heavy (non-hydrogen) atoms. The number of hydrogen-bond donors (Lipinski definition) is 1. The van der Waals surface area contributed by atoms with Crippen LogP contribution in [0.1, 0.15) is 32.5 Å². The summed E-state index contributed by atoms with van der Waals surface area (Å²) in [6.45, 7) is 4.03. The third-order valence-corrected chi connectivity index (χ3v) is 3.02. The van der Waals surface area contributed by atoms with Crippen molar-refractivity contribution in [2.45, 2.75) is 32.2 Å². The van der Waals surface area contributed by atoms with Crippen molar-refractivity contribution in [1.29, 1.82) is 0 Å². The van der Waals surface area contributed by atoms with Crippen molar-refractivity contribution in [1.82, 2.24) is 15.1 Å². The highest BCUT2D eigenvalue weighted by atomic mass is 16.5. The summed E-state index contributed by atoms with van der Waals surface area (Å²) in [6, 6.07) is 5.54. The predicted molar refractivity (Wildman–Crippen MR) is 64.0 cm³/mol. The van der Waals surface area contributed by atoms with Crippen LogP contribution in [0, 0.1) is 0 Å². The Morgan fingerprint density at radius 2 is 2.06 bits per heavy atom. The second kappa shape index (κ2) is 4.63. The van der Waals surface area contributed by atoms with Gasteiger partial charge in [0.25, 0.3) is 5.89 Å². The minimum Gasteiger partial charge on any atom is -0.332 e. The minimum absolute atomic E-state index is 0.414. The molecular weight excluding hydrogens is 216 g/mol. The van der Waals surface area contributed by atoms with Gasteiger partial charge >= 0.3 is 0 Å². The molecule has 0 unspecified atom stereocenters. The molecule has 2 heterocycles. The first-order valence-corrected chi connectivity index (χ1v) is 5.74. The van der Waals surface area contributed by atoms with Gasteiger partial charge < -0.3 is 10.3 Å². The first-order chi connectivity index (χ1) is 8.19. The fourth-order valence-corrected chi connectivity index (χ4v) is 1.59. The monoisotopic (exact) mass is 232 g/mol. The lowest BCUT2D eigenvalue weighted by Crippen LogP contribution is -2.36. The molecule has 0 aliphatic carbocycles. The number of nitrogens with zero attached hydrogens (tertiary/aromatic N) is 3. The minimum atomic E-state index is -0.517. The van der Waals surface area contributed by atoms with Gasteiger partial charge in [0.1, 0.15) is 5.69 Å². The van der Waals surface area contributed by atoms with Crippen molar-refractivity contribution >= 4 is 0 Å². The van der Waals surface area contributed by atoms with Crippen LogP contribution in [0.5, 0.6) is 0 Å². The van der Waals surface area contributed by atoms with Gasteiger partial charge in [-0.05, 0) is 25.0 Å². The Hall–Kier alpha value is -1.75.